The normalized spacial score (nSPS) is 15.2. The van der Waals surface area contributed by atoms with Gasteiger partial charge in [-0.2, -0.15) is 0 Å². The number of allylic oxidation sites excluding steroid dienone is 1. The number of hydrogen-bond acceptors (Lipinski definition) is 4. The molecule has 0 bridgehead atoms. The number of carbonyl (C=O) groups is 2. The largest absolute Gasteiger partial charge is 0.308 e. The van der Waals surface area contributed by atoms with Crippen molar-refractivity contribution in [2.24, 2.45) is 0 Å². The number of rotatable bonds is 2. The fourth-order valence-electron chi connectivity index (χ4n) is 8.33. The van der Waals surface area contributed by atoms with Crippen LogP contribution in [-0.4, -0.2) is 11.6 Å². The third-order valence-electron chi connectivity index (χ3n) is 10.9. The highest BCUT2D eigenvalue weighted by Crippen LogP contribution is 2.56. The van der Waals surface area contributed by atoms with Crippen molar-refractivity contribution in [3.05, 3.63) is 166 Å². The van der Waals surface area contributed by atoms with E-state index >= 15 is 0 Å². The zero-order valence-electron chi connectivity index (χ0n) is 27.9. The van der Waals surface area contributed by atoms with Gasteiger partial charge in [-0.1, -0.05) is 111 Å². The highest BCUT2D eigenvalue weighted by Gasteiger charge is 2.37. The van der Waals surface area contributed by atoms with Crippen LogP contribution in [0.5, 0.6) is 0 Å². The molecule has 2 aliphatic carbocycles. The van der Waals surface area contributed by atoms with Crippen LogP contribution in [0.3, 0.4) is 0 Å². The molecule has 0 unspecified atom stereocenters. The van der Waals surface area contributed by atoms with Crippen molar-refractivity contribution < 1.29 is 9.59 Å². The number of benzene rings is 7. The number of carbonyl (C=O) groups excluding carboxylic acids is 2. The van der Waals surface area contributed by atoms with E-state index in [1.54, 1.807) is 17.8 Å². The standard InChI is InChI=1S/C46H31NO2S/c1-26-32-13-7-6-12-30(32)24-41-45(26)50-42-21-27(20-37-43(48)35-22-28-10-4-5-11-29(28)23-36(35)44(37)49)16-19-40(42)47(41)31-17-18-34-33-14-8-9-15-38(33)46(2,3)39(34)25-31/h4-25H,1-3H3. The molecule has 3 aliphatic rings. The lowest BCUT2D eigenvalue weighted by molar-refractivity contribution is 0.0990. The van der Waals surface area contributed by atoms with Gasteiger partial charge in [0.05, 0.1) is 16.9 Å². The van der Waals surface area contributed by atoms with Gasteiger partial charge >= 0.3 is 0 Å². The number of Topliss-reactive ketones (excluding diaryl/α,β-unsaturated/α-hetero) is 2. The summed E-state index contributed by atoms with van der Waals surface area (Å²) in [6.07, 6.45) is 1.78. The smallest absolute Gasteiger partial charge is 0.197 e. The fraction of sp³-hybridized carbons (Fsp3) is 0.0870. The van der Waals surface area contributed by atoms with E-state index in [4.69, 9.17) is 0 Å². The molecular weight excluding hydrogens is 631 g/mol. The molecule has 10 rings (SSSR count). The van der Waals surface area contributed by atoms with E-state index in [1.807, 2.05) is 42.5 Å². The van der Waals surface area contributed by atoms with Gasteiger partial charge in [-0.25, -0.2) is 0 Å². The van der Waals surface area contributed by atoms with Crippen molar-refractivity contribution in [2.75, 3.05) is 4.90 Å². The van der Waals surface area contributed by atoms with Gasteiger partial charge in [-0.15, -0.1) is 0 Å². The van der Waals surface area contributed by atoms with E-state index < -0.39 is 0 Å². The predicted octanol–water partition coefficient (Wildman–Crippen LogP) is 12.0. The highest BCUT2D eigenvalue weighted by atomic mass is 32.2. The van der Waals surface area contributed by atoms with Crippen molar-refractivity contribution in [1.29, 1.82) is 0 Å². The Bertz CT molecular complexity index is 2660. The second-order valence-electron chi connectivity index (χ2n) is 14.1. The molecule has 0 fully saturated rings. The SMILES string of the molecule is Cc1c2c(cc3ccccc13)N(c1ccc3c(c1)C(C)(C)c1ccccc1-3)c1ccc(C=C3C(=O)c4cc5ccccc5cc4C3=O)cc1S2. The Labute approximate surface area is 294 Å². The van der Waals surface area contributed by atoms with Crippen molar-refractivity contribution in [3.63, 3.8) is 0 Å². The number of aryl methyl sites for hydroxylation is 1. The summed E-state index contributed by atoms with van der Waals surface area (Å²) in [6, 6.07) is 44.4. The molecule has 0 aromatic heterocycles. The minimum Gasteiger partial charge on any atom is -0.308 e. The first-order valence-corrected chi connectivity index (χ1v) is 17.8. The molecule has 0 amide bonds. The van der Waals surface area contributed by atoms with Crippen LogP contribution in [0, 0.1) is 6.92 Å². The van der Waals surface area contributed by atoms with Crippen LogP contribution in [0.15, 0.2) is 143 Å². The van der Waals surface area contributed by atoms with Gasteiger partial charge in [0.15, 0.2) is 11.6 Å². The average Bonchev–Trinajstić information content (AvgIpc) is 3.50. The van der Waals surface area contributed by atoms with Gasteiger partial charge < -0.3 is 4.90 Å². The summed E-state index contributed by atoms with van der Waals surface area (Å²) in [6.45, 7) is 6.85. The zero-order valence-corrected chi connectivity index (χ0v) is 28.7. The number of anilines is 3. The van der Waals surface area contributed by atoms with Crippen molar-refractivity contribution in [3.8, 4) is 11.1 Å². The molecule has 0 saturated heterocycles. The quantitative estimate of drug-likeness (QED) is 0.136. The first-order valence-electron chi connectivity index (χ1n) is 17.0. The van der Waals surface area contributed by atoms with Crippen LogP contribution < -0.4 is 4.90 Å². The molecule has 0 saturated carbocycles. The van der Waals surface area contributed by atoms with E-state index in [2.05, 4.69) is 111 Å². The van der Waals surface area contributed by atoms with Gasteiger partial charge in [-0.05, 0) is 110 Å². The second-order valence-corrected chi connectivity index (χ2v) is 15.1. The summed E-state index contributed by atoms with van der Waals surface area (Å²) < 4.78 is 0. The van der Waals surface area contributed by atoms with Crippen molar-refractivity contribution >= 4 is 68.0 Å². The summed E-state index contributed by atoms with van der Waals surface area (Å²) >= 11 is 1.76. The third kappa shape index (κ3) is 4.06. The first kappa shape index (κ1) is 29.2. The molecular formula is C46H31NO2S. The molecule has 4 heteroatoms. The molecule has 1 heterocycles. The summed E-state index contributed by atoms with van der Waals surface area (Å²) in [5.74, 6) is -0.422. The lowest BCUT2D eigenvalue weighted by Crippen LogP contribution is -2.18. The van der Waals surface area contributed by atoms with Gasteiger partial charge in [-0.3, -0.25) is 9.59 Å². The maximum absolute atomic E-state index is 13.6. The first-order chi connectivity index (χ1) is 24.3. The predicted molar refractivity (Wildman–Crippen MR) is 206 cm³/mol. The Morgan fingerprint density at radius 1 is 0.600 bits per heavy atom. The molecule has 1 aliphatic heterocycles. The van der Waals surface area contributed by atoms with Gasteiger partial charge in [0.25, 0.3) is 0 Å². The molecule has 0 N–H and O–H groups in total. The van der Waals surface area contributed by atoms with Crippen molar-refractivity contribution in [1.82, 2.24) is 0 Å². The molecule has 50 heavy (non-hydrogen) atoms. The average molecular weight is 662 g/mol. The van der Waals surface area contributed by atoms with E-state index in [9.17, 15) is 9.59 Å². The van der Waals surface area contributed by atoms with Crippen LogP contribution >= 0.6 is 11.8 Å². The summed E-state index contributed by atoms with van der Waals surface area (Å²) in [5.41, 5.74) is 11.7. The van der Waals surface area contributed by atoms with E-state index in [-0.39, 0.29) is 22.6 Å². The van der Waals surface area contributed by atoms with E-state index in [1.165, 1.54) is 43.5 Å². The van der Waals surface area contributed by atoms with Crippen LogP contribution in [-0.2, 0) is 5.41 Å². The number of ketones is 2. The molecule has 7 aromatic carbocycles. The lowest BCUT2D eigenvalue weighted by atomic mass is 9.82. The van der Waals surface area contributed by atoms with Gasteiger partial charge in [0.2, 0.25) is 0 Å². The minimum absolute atomic E-state index is 0.128. The Hall–Kier alpha value is -5.71. The monoisotopic (exact) mass is 661 g/mol. The molecule has 238 valence electrons. The summed E-state index contributed by atoms with van der Waals surface area (Å²) in [7, 11) is 0. The zero-order chi connectivity index (χ0) is 33.9. The highest BCUT2D eigenvalue weighted by molar-refractivity contribution is 7.99. The molecule has 0 atom stereocenters. The molecule has 0 spiro atoms. The minimum atomic E-state index is -0.211. The van der Waals surface area contributed by atoms with Crippen LogP contribution in [0.2, 0.25) is 0 Å². The van der Waals surface area contributed by atoms with Crippen molar-refractivity contribution in [2.45, 2.75) is 36.0 Å². The topological polar surface area (TPSA) is 37.4 Å². The Kier molecular flexibility index (Phi) is 6.08. The summed E-state index contributed by atoms with van der Waals surface area (Å²) in [4.78, 5) is 32.0. The Balaban J connectivity index is 1.13. The third-order valence-corrected chi connectivity index (χ3v) is 12.2. The molecule has 0 radical (unpaired) electrons. The maximum atomic E-state index is 13.6. The van der Waals surface area contributed by atoms with E-state index in [0.717, 1.165) is 38.3 Å². The maximum Gasteiger partial charge on any atom is 0.197 e. The summed E-state index contributed by atoms with van der Waals surface area (Å²) in [5, 5.41) is 4.36. The second kappa shape index (κ2) is 10.4. The Morgan fingerprint density at radius 2 is 1.26 bits per heavy atom. The van der Waals surface area contributed by atoms with Gasteiger partial charge in [0.1, 0.15) is 0 Å². The number of fused-ring (bicyclic) bond motifs is 8. The van der Waals surface area contributed by atoms with Crippen LogP contribution in [0.1, 0.15) is 56.8 Å². The van der Waals surface area contributed by atoms with Crippen LogP contribution in [0.25, 0.3) is 38.7 Å². The molecule has 3 nitrogen and oxygen atoms in total. The Morgan fingerprint density at radius 3 is 2.02 bits per heavy atom. The van der Waals surface area contributed by atoms with Crippen LogP contribution in [0.4, 0.5) is 17.1 Å². The number of nitrogens with zero attached hydrogens (tertiary/aromatic N) is 1. The van der Waals surface area contributed by atoms with Gasteiger partial charge in [0, 0.05) is 32.0 Å². The number of hydrogen-bond donors (Lipinski definition) is 0. The lowest BCUT2D eigenvalue weighted by Gasteiger charge is -2.35. The fourth-order valence-corrected chi connectivity index (χ4v) is 9.53. The van der Waals surface area contributed by atoms with E-state index in [0.29, 0.717) is 11.1 Å². The molecule has 7 aromatic rings.